The molecular formula is C7H9N3. The van der Waals surface area contributed by atoms with Crippen LogP contribution in [0.3, 0.4) is 0 Å². The van der Waals surface area contributed by atoms with E-state index in [1.165, 1.54) is 0 Å². The Morgan fingerprint density at radius 3 is 2.20 bits per heavy atom. The number of rotatable bonds is 1. The first-order valence-electron chi connectivity index (χ1n) is 2.51. The number of hydrogen-bond donors (Lipinski definition) is 0. The Bertz CT molecular complexity index is 189. The zero-order valence-electron chi connectivity index (χ0n) is 5.91. The fourth-order valence-corrected chi connectivity index (χ4v) is 0.139. The van der Waals surface area contributed by atoms with Gasteiger partial charge in [0.05, 0.1) is 0 Å². The van der Waals surface area contributed by atoms with E-state index in [2.05, 4.69) is 35.0 Å². The van der Waals surface area contributed by atoms with Crippen molar-refractivity contribution in [2.24, 2.45) is 5.11 Å². The van der Waals surface area contributed by atoms with E-state index in [-0.39, 0.29) is 0 Å². The largest absolute Gasteiger partial charge is 0.102 e. The van der Waals surface area contributed by atoms with Gasteiger partial charge in [-0.05, 0) is 24.7 Å². The summed E-state index contributed by atoms with van der Waals surface area (Å²) in [4.78, 5) is 2.36. The van der Waals surface area contributed by atoms with Crippen LogP contribution in [0.25, 0.3) is 10.4 Å². The highest BCUT2D eigenvalue weighted by atomic mass is 15.1. The summed E-state index contributed by atoms with van der Waals surface area (Å²) in [6.07, 6.45) is 2.71. The van der Waals surface area contributed by atoms with Crippen molar-refractivity contribution < 1.29 is 0 Å². The van der Waals surface area contributed by atoms with Crippen molar-refractivity contribution in [2.75, 3.05) is 0 Å². The standard InChI is InChI=1S/C5H6.C2H3N3/c1-3-5-4-2;1-2-4-5-3/h3H,1H2,2H3;2H,1H2. The van der Waals surface area contributed by atoms with Gasteiger partial charge in [0, 0.05) is 4.91 Å². The predicted octanol–water partition coefficient (Wildman–Crippen LogP) is 2.64. The van der Waals surface area contributed by atoms with Crippen LogP contribution in [0.1, 0.15) is 6.92 Å². The highest BCUT2D eigenvalue weighted by molar-refractivity contribution is 5.09. The summed E-state index contributed by atoms with van der Waals surface area (Å²) in [5.41, 5.74) is 7.45. The Morgan fingerprint density at radius 2 is 2.20 bits per heavy atom. The van der Waals surface area contributed by atoms with Crippen LogP contribution in [0.2, 0.25) is 0 Å². The molecule has 0 spiro atoms. The minimum absolute atomic E-state index is 1.14. The van der Waals surface area contributed by atoms with E-state index in [1.807, 2.05) is 0 Å². The molecule has 0 radical (unpaired) electrons. The molecule has 0 heterocycles. The van der Waals surface area contributed by atoms with Crippen LogP contribution in [0.15, 0.2) is 30.5 Å². The van der Waals surface area contributed by atoms with Gasteiger partial charge in [0.15, 0.2) is 0 Å². The maximum Gasteiger partial charge on any atom is 0.00473 e. The Hall–Kier alpha value is -1.65. The Balaban J connectivity index is 0. The van der Waals surface area contributed by atoms with Crippen LogP contribution in [-0.2, 0) is 0 Å². The van der Waals surface area contributed by atoms with Gasteiger partial charge in [0.1, 0.15) is 0 Å². The van der Waals surface area contributed by atoms with Crippen LogP contribution in [0.4, 0.5) is 0 Å². The second-order valence-corrected chi connectivity index (χ2v) is 0.986. The average molecular weight is 135 g/mol. The molecule has 0 aromatic heterocycles. The smallest absolute Gasteiger partial charge is 0.00473 e. The first-order chi connectivity index (χ1) is 4.83. The fourth-order valence-electron chi connectivity index (χ4n) is 0.139. The molecule has 0 atom stereocenters. The zero-order valence-corrected chi connectivity index (χ0v) is 5.91. The number of hydrogen-bond acceptors (Lipinski definition) is 1. The van der Waals surface area contributed by atoms with Gasteiger partial charge in [0.25, 0.3) is 0 Å². The SMILES string of the molecule is C=CC#CC.C=CN=[N+]=[N-]. The molecule has 0 N–H and O–H groups in total. The van der Waals surface area contributed by atoms with Crippen LogP contribution < -0.4 is 0 Å². The molecule has 0 rings (SSSR count). The first kappa shape index (κ1) is 11.2. The minimum atomic E-state index is 1.14. The van der Waals surface area contributed by atoms with Gasteiger partial charge in [-0.1, -0.05) is 24.2 Å². The van der Waals surface area contributed by atoms with Crippen LogP contribution >= 0.6 is 0 Å². The zero-order chi connectivity index (χ0) is 8.24. The van der Waals surface area contributed by atoms with E-state index >= 15 is 0 Å². The topological polar surface area (TPSA) is 48.8 Å². The lowest BCUT2D eigenvalue weighted by atomic mass is 10.6. The van der Waals surface area contributed by atoms with Gasteiger partial charge >= 0.3 is 0 Å². The fraction of sp³-hybridized carbons (Fsp3) is 0.143. The van der Waals surface area contributed by atoms with Crippen molar-refractivity contribution in [3.8, 4) is 11.8 Å². The van der Waals surface area contributed by atoms with Crippen LogP contribution in [-0.4, -0.2) is 0 Å². The summed E-state index contributed by atoms with van der Waals surface area (Å²) in [7, 11) is 0. The second kappa shape index (κ2) is 15.7. The molecule has 10 heavy (non-hydrogen) atoms. The van der Waals surface area contributed by atoms with Crippen molar-refractivity contribution >= 4 is 0 Å². The van der Waals surface area contributed by atoms with Gasteiger partial charge in [-0.25, -0.2) is 0 Å². The normalized spacial score (nSPS) is 4.50. The van der Waals surface area contributed by atoms with Crippen molar-refractivity contribution in [3.63, 3.8) is 0 Å². The molecule has 0 aliphatic rings. The van der Waals surface area contributed by atoms with Crippen LogP contribution in [0.5, 0.6) is 0 Å². The number of allylic oxidation sites excluding steroid dienone is 1. The summed E-state index contributed by atoms with van der Waals surface area (Å²) >= 11 is 0. The van der Waals surface area contributed by atoms with Crippen LogP contribution in [0, 0.1) is 11.8 Å². The van der Waals surface area contributed by atoms with Gasteiger partial charge in [-0.2, -0.15) is 0 Å². The quantitative estimate of drug-likeness (QED) is 0.230. The maximum atomic E-state index is 7.45. The summed E-state index contributed by atoms with van der Waals surface area (Å²) < 4.78 is 0. The van der Waals surface area contributed by atoms with E-state index in [9.17, 15) is 0 Å². The van der Waals surface area contributed by atoms with Crippen molar-refractivity contribution in [2.45, 2.75) is 6.92 Å². The molecule has 0 aliphatic heterocycles. The average Bonchev–Trinajstić information content (AvgIpc) is 1.93. The van der Waals surface area contributed by atoms with E-state index in [0.717, 1.165) is 6.20 Å². The Kier molecular flexibility index (Phi) is 17.5. The lowest BCUT2D eigenvalue weighted by Gasteiger charge is -1.47. The molecule has 0 saturated heterocycles. The van der Waals surface area contributed by atoms with Gasteiger partial charge in [-0.15, -0.1) is 5.92 Å². The molecule has 0 saturated carbocycles. The summed E-state index contributed by atoms with van der Waals surface area (Å²) in [6.45, 7) is 8.29. The summed E-state index contributed by atoms with van der Waals surface area (Å²) in [5.74, 6) is 5.27. The lowest BCUT2D eigenvalue weighted by molar-refractivity contribution is 1.53. The molecule has 0 bridgehead atoms. The molecule has 52 valence electrons. The molecular weight excluding hydrogens is 126 g/mol. The highest BCUT2D eigenvalue weighted by Gasteiger charge is 1.38. The molecule has 0 unspecified atom stereocenters. The third kappa shape index (κ3) is 32.9. The van der Waals surface area contributed by atoms with Gasteiger partial charge in [-0.3, -0.25) is 0 Å². The van der Waals surface area contributed by atoms with Gasteiger partial charge < -0.3 is 0 Å². The van der Waals surface area contributed by atoms with Crippen molar-refractivity contribution in [1.82, 2.24) is 0 Å². The van der Waals surface area contributed by atoms with E-state index in [4.69, 9.17) is 5.53 Å². The molecule has 0 aromatic rings. The molecule has 0 fully saturated rings. The lowest BCUT2D eigenvalue weighted by Crippen LogP contribution is -1.35. The molecule has 0 amide bonds. The van der Waals surface area contributed by atoms with E-state index in [0.29, 0.717) is 0 Å². The summed E-state index contributed by atoms with van der Waals surface area (Å²) in [6, 6.07) is 0. The molecule has 0 aliphatic carbocycles. The van der Waals surface area contributed by atoms with Crippen molar-refractivity contribution in [3.05, 3.63) is 35.9 Å². The highest BCUT2D eigenvalue weighted by Crippen LogP contribution is 1.61. The van der Waals surface area contributed by atoms with E-state index in [1.54, 1.807) is 13.0 Å². The molecule has 0 aromatic carbocycles. The first-order valence-corrected chi connectivity index (χ1v) is 2.51. The van der Waals surface area contributed by atoms with Crippen molar-refractivity contribution in [1.29, 1.82) is 0 Å². The maximum absolute atomic E-state index is 7.45. The Labute approximate surface area is 60.7 Å². The molecule has 3 nitrogen and oxygen atoms in total. The second-order valence-electron chi connectivity index (χ2n) is 0.986. The Morgan fingerprint density at radius 1 is 1.60 bits per heavy atom. The monoisotopic (exact) mass is 135 g/mol. The number of azide groups is 1. The number of nitrogens with zero attached hydrogens (tertiary/aromatic N) is 3. The van der Waals surface area contributed by atoms with E-state index < -0.39 is 0 Å². The molecule has 3 heteroatoms. The van der Waals surface area contributed by atoms with Gasteiger partial charge in [0.2, 0.25) is 0 Å². The third-order valence-corrected chi connectivity index (χ3v) is 0.380. The summed E-state index contributed by atoms with van der Waals surface area (Å²) in [5, 5.41) is 2.92. The third-order valence-electron chi connectivity index (χ3n) is 0.380. The minimum Gasteiger partial charge on any atom is -0.102 e. The predicted molar refractivity (Wildman–Crippen MR) is 43.0 cm³/mol.